The van der Waals surface area contributed by atoms with Crippen molar-refractivity contribution in [2.24, 2.45) is 22.6 Å². The number of guanidine groups is 1. The van der Waals surface area contributed by atoms with Gasteiger partial charge in [-0.3, -0.25) is 19.5 Å². The predicted molar refractivity (Wildman–Crippen MR) is 132 cm³/mol. The molecule has 5 rings (SSSR count). The van der Waals surface area contributed by atoms with E-state index in [1.807, 2.05) is 50.2 Å². The highest BCUT2D eigenvalue weighted by Gasteiger charge is 2.53. The number of hydrogen-bond acceptors (Lipinski definition) is 6. The van der Waals surface area contributed by atoms with Gasteiger partial charge in [-0.1, -0.05) is 38.1 Å². The van der Waals surface area contributed by atoms with E-state index in [0.717, 1.165) is 36.1 Å². The maximum absolute atomic E-state index is 13.4. The van der Waals surface area contributed by atoms with E-state index in [1.165, 1.54) is 0 Å². The van der Waals surface area contributed by atoms with Gasteiger partial charge >= 0.3 is 0 Å². The van der Waals surface area contributed by atoms with Crippen LogP contribution in [0, 0.1) is 11.8 Å². The van der Waals surface area contributed by atoms with Gasteiger partial charge in [-0.15, -0.1) is 0 Å². The lowest BCUT2D eigenvalue weighted by molar-refractivity contribution is -0.132. The van der Waals surface area contributed by atoms with E-state index >= 15 is 0 Å². The van der Waals surface area contributed by atoms with E-state index in [2.05, 4.69) is 10.3 Å². The van der Waals surface area contributed by atoms with Gasteiger partial charge in [-0.2, -0.15) is 0 Å². The SMILES string of the molecule is CCC1(CC)CC(=O)N([C@H](c2cccnc2)[C@H]2CC2C(=O)N[C@H]2CCOc3ccccc32)C(N)=N1. The fourth-order valence-corrected chi connectivity index (χ4v) is 5.56. The summed E-state index contributed by atoms with van der Waals surface area (Å²) in [7, 11) is 0. The number of nitrogens with one attached hydrogen (secondary N) is 1. The summed E-state index contributed by atoms with van der Waals surface area (Å²) in [6, 6.07) is 11.2. The van der Waals surface area contributed by atoms with E-state index in [0.29, 0.717) is 19.4 Å². The molecule has 1 unspecified atom stereocenters. The molecule has 0 saturated heterocycles. The Bertz CT molecular complexity index is 1130. The number of benzene rings is 1. The van der Waals surface area contributed by atoms with Crippen LogP contribution in [0.4, 0.5) is 0 Å². The Hall–Kier alpha value is -3.42. The molecule has 1 fully saturated rings. The van der Waals surface area contributed by atoms with Crippen molar-refractivity contribution in [3.8, 4) is 5.75 Å². The number of hydrogen-bond donors (Lipinski definition) is 2. The number of amides is 2. The van der Waals surface area contributed by atoms with Crippen molar-refractivity contribution >= 4 is 17.8 Å². The average molecular weight is 476 g/mol. The lowest BCUT2D eigenvalue weighted by Crippen LogP contribution is -2.53. The summed E-state index contributed by atoms with van der Waals surface area (Å²) in [5, 5.41) is 3.23. The molecule has 8 nitrogen and oxygen atoms in total. The molecular formula is C27H33N5O3. The Morgan fingerprint density at radius 1 is 1.26 bits per heavy atom. The Labute approximate surface area is 206 Å². The van der Waals surface area contributed by atoms with Gasteiger partial charge < -0.3 is 15.8 Å². The highest BCUT2D eigenvalue weighted by atomic mass is 16.5. The van der Waals surface area contributed by atoms with Crippen molar-refractivity contribution in [2.45, 2.75) is 63.6 Å². The largest absolute Gasteiger partial charge is 0.493 e. The molecule has 2 aliphatic heterocycles. The molecule has 2 amide bonds. The molecule has 2 aromatic rings. The highest BCUT2D eigenvalue weighted by molar-refractivity contribution is 5.99. The van der Waals surface area contributed by atoms with Crippen molar-refractivity contribution in [3.63, 3.8) is 0 Å². The minimum Gasteiger partial charge on any atom is -0.493 e. The van der Waals surface area contributed by atoms with Gasteiger partial charge in [0.25, 0.3) is 0 Å². The molecule has 1 aliphatic carbocycles. The Morgan fingerprint density at radius 2 is 2.06 bits per heavy atom. The quantitative estimate of drug-likeness (QED) is 0.637. The van der Waals surface area contributed by atoms with E-state index in [9.17, 15) is 9.59 Å². The van der Waals surface area contributed by atoms with Crippen LogP contribution >= 0.6 is 0 Å². The summed E-state index contributed by atoms with van der Waals surface area (Å²) < 4.78 is 5.74. The van der Waals surface area contributed by atoms with Crippen LogP contribution in [-0.2, 0) is 9.59 Å². The van der Waals surface area contributed by atoms with Gasteiger partial charge in [0.2, 0.25) is 11.8 Å². The first-order chi connectivity index (χ1) is 17.0. The predicted octanol–water partition coefficient (Wildman–Crippen LogP) is 3.50. The minimum atomic E-state index is -0.450. The summed E-state index contributed by atoms with van der Waals surface area (Å²) in [5.41, 5.74) is 7.87. The van der Waals surface area contributed by atoms with Crippen LogP contribution in [0.2, 0.25) is 0 Å². The van der Waals surface area contributed by atoms with E-state index in [-0.39, 0.29) is 41.7 Å². The number of carbonyl (C=O) groups is 2. The molecule has 3 N–H and O–H groups in total. The van der Waals surface area contributed by atoms with Crippen LogP contribution in [-0.4, -0.2) is 39.8 Å². The zero-order valence-electron chi connectivity index (χ0n) is 20.3. The molecule has 1 aromatic heterocycles. The Morgan fingerprint density at radius 3 is 2.77 bits per heavy atom. The van der Waals surface area contributed by atoms with Crippen molar-refractivity contribution in [1.29, 1.82) is 0 Å². The first kappa shape index (κ1) is 23.3. The van der Waals surface area contributed by atoms with E-state index in [1.54, 1.807) is 17.3 Å². The molecule has 0 radical (unpaired) electrons. The number of pyridine rings is 1. The molecule has 8 heteroatoms. The Balaban J connectivity index is 1.39. The van der Waals surface area contributed by atoms with E-state index < -0.39 is 5.54 Å². The van der Waals surface area contributed by atoms with Gasteiger partial charge in [0, 0.05) is 30.3 Å². The first-order valence-electron chi connectivity index (χ1n) is 12.6. The van der Waals surface area contributed by atoms with Gasteiger partial charge in [-0.05, 0) is 42.9 Å². The molecule has 35 heavy (non-hydrogen) atoms. The van der Waals surface area contributed by atoms with E-state index in [4.69, 9.17) is 15.5 Å². The minimum absolute atomic E-state index is 0.00188. The number of nitrogens with zero attached hydrogens (tertiary/aromatic N) is 3. The third-order valence-corrected chi connectivity index (χ3v) is 7.82. The van der Waals surface area contributed by atoms with Crippen LogP contribution in [0.5, 0.6) is 5.75 Å². The first-order valence-corrected chi connectivity index (χ1v) is 12.6. The molecule has 1 saturated carbocycles. The van der Waals surface area contributed by atoms with Gasteiger partial charge in [0.15, 0.2) is 5.96 Å². The molecule has 184 valence electrons. The molecule has 1 aromatic carbocycles. The normalized spacial score (nSPS) is 25.7. The van der Waals surface area contributed by atoms with Crippen LogP contribution < -0.4 is 15.8 Å². The second-order valence-electron chi connectivity index (χ2n) is 9.82. The molecule has 0 spiro atoms. The summed E-state index contributed by atoms with van der Waals surface area (Å²) in [5.74, 6) is 0.759. The van der Waals surface area contributed by atoms with Crippen LogP contribution in [0.1, 0.15) is 69.2 Å². The second-order valence-corrected chi connectivity index (χ2v) is 9.82. The van der Waals surface area contributed by atoms with Crippen LogP contribution in [0.3, 0.4) is 0 Å². The van der Waals surface area contributed by atoms with Crippen molar-refractivity contribution < 1.29 is 14.3 Å². The molecular weight excluding hydrogens is 442 g/mol. The smallest absolute Gasteiger partial charge is 0.232 e. The highest BCUT2D eigenvalue weighted by Crippen LogP contribution is 2.51. The number of rotatable bonds is 7. The number of carbonyl (C=O) groups excluding carboxylic acids is 2. The summed E-state index contributed by atoms with van der Waals surface area (Å²) in [4.78, 5) is 37.5. The third-order valence-electron chi connectivity index (χ3n) is 7.82. The van der Waals surface area contributed by atoms with Gasteiger partial charge in [0.05, 0.1) is 30.7 Å². The summed E-state index contributed by atoms with van der Waals surface area (Å²) in [6.45, 7) is 4.65. The molecule has 0 bridgehead atoms. The third kappa shape index (κ3) is 4.37. The van der Waals surface area contributed by atoms with Crippen molar-refractivity contribution in [2.75, 3.05) is 6.61 Å². The second kappa shape index (κ2) is 9.32. The van der Waals surface area contributed by atoms with Gasteiger partial charge in [-0.25, -0.2) is 4.99 Å². The monoisotopic (exact) mass is 475 g/mol. The van der Waals surface area contributed by atoms with Crippen molar-refractivity contribution in [1.82, 2.24) is 15.2 Å². The number of aromatic nitrogens is 1. The van der Waals surface area contributed by atoms with Crippen LogP contribution in [0.15, 0.2) is 53.8 Å². The lowest BCUT2D eigenvalue weighted by atomic mass is 9.87. The fourth-order valence-electron chi connectivity index (χ4n) is 5.56. The Kier molecular flexibility index (Phi) is 6.21. The van der Waals surface area contributed by atoms with Crippen molar-refractivity contribution in [3.05, 3.63) is 59.9 Å². The van der Waals surface area contributed by atoms with Crippen LogP contribution in [0.25, 0.3) is 0 Å². The number of para-hydroxylation sites is 1. The molecule has 3 aliphatic rings. The maximum atomic E-state index is 13.4. The number of aliphatic imine (C=N–C) groups is 1. The standard InChI is InChI=1S/C27H33N5O3/c1-3-27(4-2)15-23(33)32(26(28)31-27)24(17-8-7-12-29-16-17)19-14-20(19)25(34)30-21-11-13-35-22-10-6-5-9-18(21)22/h5-10,12,16,19-21,24H,3-4,11,13-15H2,1-2H3,(H2,28,31)(H,30,34)/t19-,20?,21-,24+/m0/s1. The fraction of sp³-hybridized carbons (Fsp3) is 0.481. The topological polar surface area (TPSA) is 110 Å². The lowest BCUT2D eigenvalue weighted by Gasteiger charge is -2.40. The summed E-state index contributed by atoms with van der Waals surface area (Å²) in [6.07, 6.45) is 6.70. The van der Waals surface area contributed by atoms with Gasteiger partial charge in [0.1, 0.15) is 5.75 Å². The average Bonchev–Trinajstić information content (AvgIpc) is 3.67. The zero-order chi connectivity index (χ0) is 24.6. The zero-order valence-corrected chi connectivity index (χ0v) is 20.3. The molecule has 4 atom stereocenters. The molecule has 3 heterocycles. The maximum Gasteiger partial charge on any atom is 0.232 e. The number of ether oxygens (including phenoxy) is 1. The number of nitrogens with two attached hydrogens (primary N) is 1. The number of fused-ring (bicyclic) bond motifs is 1. The summed E-state index contributed by atoms with van der Waals surface area (Å²) >= 11 is 0.